The number of benzene rings is 1. The molecule has 114 valence electrons. The Balaban J connectivity index is 1.73. The molecule has 3 unspecified atom stereocenters. The largest absolute Gasteiger partial charge is 0.497 e. The molecule has 1 heterocycles. The van der Waals surface area contributed by atoms with Crippen LogP contribution in [0.5, 0.6) is 5.75 Å². The number of imidazole rings is 1. The molecule has 1 aliphatic carbocycles. The van der Waals surface area contributed by atoms with Gasteiger partial charge in [0, 0.05) is 17.4 Å². The van der Waals surface area contributed by atoms with Gasteiger partial charge < -0.3 is 15.0 Å². The van der Waals surface area contributed by atoms with Crippen LogP contribution in [0, 0.1) is 5.92 Å². The number of fused-ring (bicyclic) bond motifs is 1. The van der Waals surface area contributed by atoms with Crippen LogP contribution in [0.1, 0.15) is 26.7 Å². The normalized spacial score (nSPS) is 25.6. The maximum Gasteiger partial charge on any atom is 0.166 e. The molecule has 21 heavy (non-hydrogen) atoms. The molecule has 1 aromatic carbocycles. The number of hydrogen-bond acceptors (Lipinski definition) is 4. The quantitative estimate of drug-likeness (QED) is 0.888. The molecule has 0 aliphatic heterocycles. The van der Waals surface area contributed by atoms with Crippen molar-refractivity contribution in [3.05, 3.63) is 18.2 Å². The summed E-state index contributed by atoms with van der Waals surface area (Å²) in [5.74, 6) is 1.54. The minimum atomic E-state index is 0.636. The van der Waals surface area contributed by atoms with E-state index in [0.717, 1.165) is 28.5 Å². The van der Waals surface area contributed by atoms with Gasteiger partial charge in [0.05, 0.1) is 18.1 Å². The molecular weight excluding hydrogens is 282 g/mol. The lowest BCUT2D eigenvalue weighted by atomic mass is 10.1. The predicted molar refractivity (Wildman–Crippen MR) is 88.2 cm³/mol. The summed E-state index contributed by atoms with van der Waals surface area (Å²) in [6, 6.07) is 6.62. The molecule has 3 rings (SSSR count). The molecule has 1 aliphatic rings. The van der Waals surface area contributed by atoms with Crippen LogP contribution in [0.15, 0.2) is 23.4 Å². The van der Waals surface area contributed by atoms with E-state index in [9.17, 15) is 0 Å². The van der Waals surface area contributed by atoms with Gasteiger partial charge in [0.15, 0.2) is 5.16 Å². The third-order valence-electron chi connectivity index (χ3n) is 4.38. The Bertz CT molecular complexity index is 613. The van der Waals surface area contributed by atoms with E-state index in [1.54, 1.807) is 7.11 Å². The maximum absolute atomic E-state index is 5.26. The molecule has 2 aromatic rings. The number of hydrogen-bond donors (Lipinski definition) is 2. The minimum absolute atomic E-state index is 0.636. The van der Waals surface area contributed by atoms with Crippen LogP contribution in [0.2, 0.25) is 0 Å². The van der Waals surface area contributed by atoms with E-state index in [1.807, 2.05) is 30.0 Å². The van der Waals surface area contributed by atoms with Crippen LogP contribution < -0.4 is 10.1 Å². The Hall–Kier alpha value is -1.20. The second kappa shape index (κ2) is 6.28. The van der Waals surface area contributed by atoms with E-state index in [1.165, 1.54) is 12.8 Å². The summed E-state index contributed by atoms with van der Waals surface area (Å²) in [6.45, 7) is 5.58. The van der Waals surface area contributed by atoms with Gasteiger partial charge in [-0.15, -0.1) is 0 Å². The number of thioether (sulfide) groups is 1. The highest BCUT2D eigenvalue weighted by molar-refractivity contribution is 7.99. The van der Waals surface area contributed by atoms with Gasteiger partial charge in [0.2, 0.25) is 0 Å². The van der Waals surface area contributed by atoms with Gasteiger partial charge in [-0.25, -0.2) is 4.98 Å². The van der Waals surface area contributed by atoms with Crippen molar-refractivity contribution in [2.75, 3.05) is 13.7 Å². The summed E-state index contributed by atoms with van der Waals surface area (Å²) in [5, 5.41) is 5.25. The van der Waals surface area contributed by atoms with E-state index >= 15 is 0 Å². The van der Waals surface area contributed by atoms with Gasteiger partial charge in [-0.1, -0.05) is 25.6 Å². The summed E-state index contributed by atoms with van der Waals surface area (Å²) in [7, 11) is 1.69. The zero-order chi connectivity index (χ0) is 14.8. The first kappa shape index (κ1) is 14.7. The van der Waals surface area contributed by atoms with E-state index in [4.69, 9.17) is 4.74 Å². The molecule has 1 fully saturated rings. The van der Waals surface area contributed by atoms with Crippen molar-refractivity contribution in [3.8, 4) is 5.75 Å². The minimum Gasteiger partial charge on any atom is -0.497 e. The fourth-order valence-electron chi connectivity index (χ4n) is 3.14. The van der Waals surface area contributed by atoms with Crippen molar-refractivity contribution in [2.45, 2.75) is 43.1 Å². The number of methoxy groups -OCH3 is 1. The van der Waals surface area contributed by atoms with Gasteiger partial charge in [-0.3, -0.25) is 0 Å². The Morgan fingerprint density at radius 3 is 3.05 bits per heavy atom. The topological polar surface area (TPSA) is 49.9 Å². The van der Waals surface area contributed by atoms with Crippen LogP contribution in [0.3, 0.4) is 0 Å². The lowest BCUT2D eigenvalue weighted by molar-refractivity contribution is 0.415. The number of nitrogens with one attached hydrogen (secondary N) is 2. The molecule has 5 heteroatoms. The molecule has 0 saturated heterocycles. The lowest BCUT2D eigenvalue weighted by Crippen LogP contribution is -2.33. The molecule has 4 nitrogen and oxygen atoms in total. The fraction of sp³-hybridized carbons (Fsp3) is 0.562. The van der Waals surface area contributed by atoms with E-state index in [-0.39, 0.29) is 0 Å². The number of aromatic nitrogens is 2. The highest BCUT2D eigenvalue weighted by Crippen LogP contribution is 2.38. The highest BCUT2D eigenvalue weighted by atomic mass is 32.2. The zero-order valence-electron chi connectivity index (χ0n) is 12.8. The molecule has 1 aromatic heterocycles. The zero-order valence-corrected chi connectivity index (χ0v) is 13.7. The second-order valence-electron chi connectivity index (χ2n) is 5.68. The Morgan fingerprint density at radius 1 is 1.43 bits per heavy atom. The van der Waals surface area contributed by atoms with Crippen molar-refractivity contribution in [1.82, 2.24) is 15.3 Å². The lowest BCUT2D eigenvalue weighted by Gasteiger charge is -2.20. The summed E-state index contributed by atoms with van der Waals surface area (Å²) in [6.07, 6.45) is 2.52. The standard InChI is InChI=1S/C16H23N3OS/c1-4-17-12-7-8-15(10(12)2)21-16-18-13-6-5-11(20-3)9-14(13)19-16/h5-6,9-10,12,15,17H,4,7-8H2,1-3H3,(H,18,19). The summed E-state index contributed by atoms with van der Waals surface area (Å²) >= 11 is 1.88. The van der Waals surface area contributed by atoms with Crippen molar-refractivity contribution in [3.63, 3.8) is 0 Å². The fourth-order valence-corrected chi connectivity index (χ4v) is 4.40. The third-order valence-corrected chi connectivity index (χ3v) is 5.76. The summed E-state index contributed by atoms with van der Waals surface area (Å²) < 4.78 is 5.26. The monoisotopic (exact) mass is 305 g/mol. The molecule has 0 amide bonds. The van der Waals surface area contributed by atoms with Gasteiger partial charge in [-0.2, -0.15) is 0 Å². The van der Waals surface area contributed by atoms with E-state index in [2.05, 4.69) is 29.1 Å². The number of nitrogens with zero attached hydrogens (tertiary/aromatic N) is 1. The number of H-pyrrole nitrogens is 1. The van der Waals surface area contributed by atoms with E-state index in [0.29, 0.717) is 17.2 Å². The number of ether oxygens (including phenoxy) is 1. The van der Waals surface area contributed by atoms with Gasteiger partial charge in [0.1, 0.15) is 5.75 Å². The number of aromatic amines is 1. The molecule has 3 atom stereocenters. The molecule has 1 saturated carbocycles. The van der Waals surface area contributed by atoms with Crippen LogP contribution in [-0.4, -0.2) is 34.9 Å². The smallest absolute Gasteiger partial charge is 0.166 e. The first-order valence-corrected chi connectivity index (χ1v) is 8.53. The Morgan fingerprint density at radius 2 is 2.29 bits per heavy atom. The van der Waals surface area contributed by atoms with Crippen LogP contribution in [0.4, 0.5) is 0 Å². The van der Waals surface area contributed by atoms with Crippen LogP contribution >= 0.6 is 11.8 Å². The summed E-state index contributed by atoms with van der Waals surface area (Å²) in [5.41, 5.74) is 2.05. The van der Waals surface area contributed by atoms with Gasteiger partial charge >= 0.3 is 0 Å². The van der Waals surface area contributed by atoms with Crippen LogP contribution in [-0.2, 0) is 0 Å². The van der Waals surface area contributed by atoms with Crippen molar-refractivity contribution in [1.29, 1.82) is 0 Å². The Kier molecular flexibility index (Phi) is 4.40. The van der Waals surface area contributed by atoms with Crippen molar-refractivity contribution < 1.29 is 4.74 Å². The highest BCUT2D eigenvalue weighted by Gasteiger charge is 2.33. The van der Waals surface area contributed by atoms with E-state index < -0.39 is 0 Å². The Labute approximate surface area is 130 Å². The van der Waals surface area contributed by atoms with Gasteiger partial charge in [-0.05, 0) is 37.4 Å². The van der Waals surface area contributed by atoms with Gasteiger partial charge in [0.25, 0.3) is 0 Å². The maximum atomic E-state index is 5.26. The summed E-state index contributed by atoms with van der Waals surface area (Å²) in [4.78, 5) is 8.10. The van der Waals surface area contributed by atoms with Crippen molar-refractivity contribution in [2.24, 2.45) is 5.92 Å². The molecule has 2 N–H and O–H groups in total. The average molecular weight is 305 g/mol. The molecular formula is C16H23N3OS. The number of rotatable bonds is 5. The average Bonchev–Trinajstić information content (AvgIpc) is 3.04. The van der Waals surface area contributed by atoms with Crippen LogP contribution in [0.25, 0.3) is 11.0 Å². The molecule has 0 radical (unpaired) electrons. The third kappa shape index (κ3) is 3.04. The first-order valence-electron chi connectivity index (χ1n) is 7.65. The molecule has 0 spiro atoms. The SMILES string of the molecule is CCNC1CCC(Sc2nc3ccc(OC)cc3[nH]2)C1C. The predicted octanol–water partition coefficient (Wildman–Crippen LogP) is 3.44. The second-order valence-corrected chi connectivity index (χ2v) is 6.91. The first-order chi connectivity index (χ1) is 10.2. The molecule has 0 bridgehead atoms. The van der Waals surface area contributed by atoms with Crippen molar-refractivity contribution >= 4 is 22.8 Å².